The summed E-state index contributed by atoms with van der Waals surface area (Å²) < 4.78 is 1.32. The van der Waals surface area contributed by atoms with E-state index in [1.165, 1.54) is 0 Å². The van der Waals surface area contributed by atoms with Crippen LogP contribution < -0.4 is 5.32 Å². The zero-order valence-corrected chi connectivity index (χ0v) is 16.9. The van der Waals surface area contributed by atoms with E-state index >= 15 is 0 Å². The van der Waals surface area contributed by atoms with Crippen LogP contribution in [-0.2, 0) is 14.4 Å². The summed E-state index contributed by atoms with van der Waals surface area (Å²) in [7, 11) is 0. The van der Waals surface area contributed by atoms with Gasteiger partial charge in [0.05, 0.1) is 5.69 Å². The number of nitrogens with one attached hydrogen (secondary N) is 1. The second-order valence-corrected chi connectivity index (χ2v) is 7.34. The number of amides is 5. The fourth-order valence-corrected chi connectivity index (χ4v) is 3.96. The molecule has 0 radical (unpaired) electrons. The Labute approximate surface area is 162 Å². The molecular weight excluding hydrogens is 458 g/mol. The minimum atomic E-state index is -0.974. The molecule has 0 saturated carbocycles. The number of hydrogen-bond acceptors (Lipinski definition) is 4. The van der Waals surface area contributed by atoms with Crippen LogP contribution in [0, 0.1) is 6.92 Å². The van der Waals surface area contributed by atoms with Gasteiger partial charge in [0.1, 0.15) is 6.54 Å². The highest BCUT2D eigenvalue weighted by Gasteiger charge is 2.44. The van der Waals surface area contributed by atoms with Gasteiger partial charge in [-0.2, -0.15) is 0 Å². The van der Waals surface area contributed by atoms with Gasteiger partial charge in [-0.25, -0.2) is 9.69 Å². The molecule has 1 aliphatic rings. The fourth-order valence-electron chi connectivity index (χ4n) is 2.35. The Morgan fingerprint density at radius 2 is 1.64 bits per heavy atom. The van der Waals surface area contributed by atoms with Gasteiger partial charge in [0.2, 0.25) is 5.91 Å². The SMILES string of the molecule is CCCCN1C(=O)C(=O)N(CC(=O)Nc2c(Br)cc(C)cc2Br)C1=O. The van der Waals surface area contributed by atoms with Gasteiger partial charge < -0.3 is 5.32 Å². The monoisotopic (exact) mass is 473 g/mol. The Morgan fingerprint density at radius 1 is 1.08 bits per heavy atom. The Morgan fingerprint density at radius 3 is 2.20 bits per heavy atom. The highest BCUT2D eigenvalue weighted by Crippen LogP contribution is 2.32. The van der Waals surface area contributed by atoms with Crippen LogP contribution in [-0.4, -0.2) is 46.6 Å². The number of unbranched alkanes of at least 4 members (excludes halogenated alkanes) is 1. The molecule has 25 heavy (non-hydrogen) atoms. The second-order valence-electron chi connectivity index (χ2n) is 5.64. The van der Waals surface area contributed by atoms with Crippen molar-refractivity contribution in [3.63, 3.8) is 0 Å². The van der Waals surface area contributed by atoms with Crippen molar-refractivity contribution in [3.8, 4) is 0 Å². The number of urea groups is 1. The van der Waals surface area contributed by atoms with Gasteiger partial charge in [-0.15, -0.1) is 0 Å². The molecule has 1 heterocycles. The third-order valence-corrected chi connectivity index (χ3v) is 4.87. The molecule has 1 N–H and O–H groups in total. The van der Waals surface area contributed by atoms with Crippen LogP contribution in [0.5, 0.6) is 0 Å². The first-order valence-corrected chi connectivity index (χ1v) is 9.27. The lowest BCUT2D eigenvalue weighted by atomic mass is 10.2. The predicted octanol–water partition coefficient (Wildman–Crippen LogP) is 3.05. The zero-order chi connectivity index (χ0) is 18.7. The van der Waals surface area contributed by atoms with Crippen molar-refractivity contribution in [2.24, 2.45) is 0 Å². The van der Waals surface area contributed by atoms with Crippen molar-refractivity contribution in [1.29, 1.82) is 0 Å². The highest BCUT2D eigenvalue weighted by molar-refractivity contribution is 9.11. The van der Waals surface area contributed by atoms with Crippen molar-refractivity contribution in [3.05, 3.63) is 26.6 Å². The summed E-state index contributed by atoms with van der Waals surface area (Å²) in [4.78, 5) is 49.9. The number of rotatable bonds is 6. The molecule has 0 bridgehead atoms. The summed E-state index contributed by atoms with van der Waals surface area (Å²) in [6.07, 6.45) is 1.38. The Hall–Kier alpha value is -1.74. The third kappa shape index (κ3) is 4.27. The van der Waals surface area contributed by atoms with Crippen molar-refractivity contribution in [2.45, 2.75) is 26.7 Å². The number of imide groups is 2. The second kappa shape index (κ2) is 8.09. The summed E-state index contributed by atoms with van der Waals surface area (Å²) in [6, 6.07) is 2.89. The summed E-state index contributed by atoms with van der Waals surface area (Å²) >= 11 is 6.71. The van der Waals surface area contributed by atoms with E-state index in [4.69, 9.17) is 0 Å². The fraction of sp³-hybridized carbons (Fsp3) is 0.375. The first-order chi connectivity index (χ1) is 11.8. The van der Waals surface area contributed by atoms with Crippen LogP contribution in [0.3, 0.4) is 0 Å². The number of anilines is 1. The predicted molar refractivity (Wildman–Crippen MR) is 98.9 cm³/mol. The Bertz CT molecular complexity index is 728. The molecule has 1 saturated heterocycles. The maximum atomic E-state index is 12.2. The molecule has 134 valence electrons. The van der Waals surface area contributed by atoms with Gasteiger partial charge in [0, 0.05) is 15.5 Å². The average Bonchev–Trinajstić information content (AvgIpc) is 2.73. The number of nitrogens with zero attached hydrogens (tertiary/aromatic N) is 2. The average molecular weight is 475 g/mol. The number of halogens is 2. The first-order valence-electron chi connectivity index (χ1n) is 7.69. The van der Waals surface area contributed by atoms with E-state index in [1.807, 2.05) is 26.0 Å². The van der Waals surface area contributed by atoms with E-state index in [-0.39, 0.29) is 6.54 Å². The van der Waals surface area contributed by atoms with Gasteiger partial charge in [0.15, 0.2) is 0 Å². The van der Waals surface area contributed by atoms with E-state index in [2.05, 4.69) is 37.2 Å². The van der Waals surface area contributed by atoms with Crippen molar-refractivity contribution < 1.29 is 19.2 Å². The van der Waals surface area contributed by atoms with Crippen LogP contribution >= 0.6 is 31.9 Å². The molecule has 0 unspecified atom stereocenters. The third-order valence-electron chi connectivity index (χ3n) is 3.62. The van der Waals surface area contributed by atoms with Crippen LogP contribution in [0.15, 0.2) is 21.1 Å². The van der Waals surface area contributed by atoms with Gasteiger partial charge in [-0.1, -0.05) is 13.3 Å². The Kier molecular flexibility index (Phi) is 6.34. The number of benzene rings is 1. The molecule has 1 fully saturated rings. The summed E-state index contributed by atoms with van der Waals surface area (Å²) in [6.45, 7) is 3.47. The van der Waals surface area contributed by atoms with Gasteiger partial charge in [-0.3, -0.25) is 19.3 Å². The quantitative estimate of drug-likeness (QED) is 0.507. The molecule has 0 aliphatic carbocycles. The maximum Gasteiger partial charge on any atom is 0.334 e. The highest BCUT2D eigenvalue weighted by atomic mass is 79.9. The number of hydrogen-bond donors (Lipinski definition) is 1. The summed E-state index contributed by atoms with van der Waals surface area (Å²) in [5.74, 6) is -2.43. The largest absolute Gasteiger partial charge is 0.334 e. The molecule has 1 aromatic carbocycles. The van der Waals surface area contributed by atoms with Crippen LogP contribution in [0.1, 0.15) is 25.3 Å². The molecular formula is C16H17Br2N3O4. The van der Waals surface area contributed by atoms with Crippen molar-refractivity contribution >= 4 is 61.3 Å². The summed E-state index contributed by atoms with van der Waals surface area (Å²) in [5, 5.41) is 2.64. The Balaban J connectivity index is 2.09. The smallest absolute Gasteiger partial charge is 0.323 e. The molecule has 0 aromatic heterocycles. The van der Waals surface area contributed by atoms with Gasteiger partial charge >= 0.3 is 17.8 Å². The summed E-state index contributed by atoms with van der Waals surface area (Å²) in [5.41, 5.74) is 1.47. The first kappa shape index (κ1) is 19.6. The van der Waals surface area contributed by atoms with Gasteiger partial charge in [-0.05, 0) is 62.9 Å². The van der Waals surface area contributed by atoms with Crippen LogP contribution in [0.25, 0.3) is 0 Å². The van der Waals surface area contributed by atoms with Crippen LogP contribution in [0.4, 0.5) is 10.5 Å². The molecule has 1 aromatic rings. The lowest BCUT2D eigenvalue weighted by molar-refractivity contribution is -0.143. The standard InChI is InChI=1S/C16H17Br2N3O4/c1-3-4-5-20-14(23)15(24)21(16(20)25)8-12(22)19-13-10(17)6-9(2)7-11(13)18/h6-7H,3-5,8H2,1-2H3,(H,19,22). The number of carbonyl (C=O) groups is 4. The maximum absolute atomic E-state index is 12.2. The van der Waals surface area contributed by atoms with E-state index in [1.54, 1.807) is 0 Å². The van der Waals surface area contributed by atoms with E-state index in [0.717, 1.165) is 16.9 Å². The minimum absolute atomic E-state index is 0.174. The zero-order valence-electron chi connectivity index (χ0n) is 13.8. The molecule has 2 rings (SSSR count). The molecule has 1 aliphatic heterocycles. The normalized spacial score (nSPS) is 14.5. The van der Waals surface area contributed by atoms with E-state index in [0.29, 0.717) is 26.0 Å². The molecule has 9 heteroatoms. The molecule has 5 amide bonds. The lowest BCUT2D eigenvalue weighted by Crippen LogP contribution is -2.39. The van der Waals surface area contributed by atoms with Crippen LogP contribution in [0.2, 0.25) is 0 Å². The molecule has 0 atom stereocenters. The minimum Gasteiger partial charge on any atom is -0.323 e. The topological polar surface area (TPSA) is 86.8 Å². The van der Waals surface area contributed by atoms with Crippen molar-refractivity contribution in [2.75, 3.05) is 18.4 Å². The molecule has 0 spiro atoms. The van der Waals surface area contributed by atoms with Crippen molar-refractivity contribution in [1.82, 2.24) is 9.80 Å². The number of aryl methyl sites for hydroxylation is 1. The van der Waals surface area contributed by atoms with E-state index in [9.17, 15) is 19.2 Å². The van der Waals surface area contributed by atoms with E-state index < -0.39 is 30.3 Å². The molecule has 7 nitrogen and oxygen atoms in total. The lowest BCUT2D eigenvalue weighted by Gasteiger charge is -2.16. The number of carbonyl (C=O) groups excluding carboxylic acids is 4. The van der Waals surface area contributed by atoms with Gasteiger partial charge in [0.25, 0.3) is 0 Å².